The Morgan fingerprint density at radius 2 is 0.688 bits per heavy atom. The summed E-state index contributed by atoms with van der Waals surface area (Å²) in [6, 6.07) is 82.7. The second kappa shape index (κ2) is 16.3. The van der Waals surface area contributed by atoms with Gasteiger partial charge >= 0.3 is 0 Å². The Morgan fingerprint density at radius 1 is 0.351 bits per heavy atom. The zero-order valence-corrected chi connectivity index (χ0v) is 42.5. The Morgan fingerprint density at radius 3 is 1.05 bits per heavy atom. The monoisotopic (exact) mass is 974 g/mol. The van der Waals surface area contributed by atoms with E-state index in [0.29, 0.717) is 5.92 Å². The van der Waals surface area contributed by atoms with Gasteiger partial charge in [-0.3, -0.25) is 0 Å². The zero-order valence-electron chi connectivity index (χ0n) is 42.5. The van der Waals surface area contributed by atoms with Gasteiger partial charge in [0.05, 0.1) is 5.41 Å². The lowest BCUT2D eigenvalue weighted by molar-refractivity contribution is 0.556. The second-order valence-corrected chi connectivity index (χ2v) is 22.1. The third-order valence-corrected chi connectivity index (χ3v) is 18.1. The molecule has 12 aromatic rings. The van der Waals surface area contributed by atoms with E-state index >= 15 is 0 Å². The maximum absolute atomic E-state index is 2.72. The van der Waals surface area contributed by atoms with Crippen LogP contribution in [0.4, 0.5) is 0 Å². The van der Waals surface area contributed by atoms with Gasteiger partial charge in [-0.15, -0.1) is 0 Å². The summed E-state index contributed by atoms with van der Waals surface area (Å²) in [4.78, 5) is 0. The Labute approximate surface area is 448 Å². The summed E-state index contributed by atoms with van der Waals surface area (Å²) in [5.74, 6) is 0.614. The number of allylic oxidation sites excluding steroid dienone is 10. The smallest absolute Gasteiger partial charge is 0.0500 e. The first kappa shape index (κ1) is 42.9. The van der Waals surface area contributed by atoms with Crippen LogP contribution in [0.1, 0.15) is 46.2 Å². The molecule has 0 aliphatic heterocycles. The van der Waals surface area contributed by atoms with Crippen molar-refractivity contribution in [2.75, 3.05) is 0 Å². The summed E-state index contributed by atoms with van der Waals surface area (Å²) in [5.41, 5.74) is 20.2. The first-order chi connectivity index (χ1) is 38.2. The van der Waals surface area contributed by atoms with Gasteiger partial charge in [0.25, 0.3) is 0 Å². The molecule has 358 valence electrons. The van der Waals surface area contributed by atoms with Crippen molar-refractivity contribution < 1.29 is 0 Å². The van der Waals surface area contributed by atoms with Gasteiger partial charge in [0.2, 0.25) is 0 Å². The lowest BCUT2D eigenvalue weighted by Gasteiger charge is -2.35. The van der Waals surface area contributed by atoms with Gasteiger partial charge in [-0.2, -0.15) is 0 Å². The molecule has 0 N–H and O–H groups in total. The van der Waals surface area contributed by atoms with Crippen LogP contribution in [0.5, 0.6) is 0 Å². The normalized spacial score (nSPS) is 16.3. The van der Waals surface area contributed by atoms with Crippen molar-refractivity contribution in [3.8, 4) is 33.4 Å². The van der Waals surface area contributed by atoms with E-state index in [2.05, 4.69) is 267 Å². The van der Waals surface area contributed by atoms with Crippen molar-refractivity contribution in [1.82, 2.24) is 0 Å². The lowest BCUT2D eigenvalue weighted by atomic mass is 9.66. The van der Waals surface area contributed by atoms with Crippen LogP contribution < -0.4 is 0 Å². The van der Waals surface area contributed by atoms with Crippen LogP contribution in [0.15, 0.2) is 278 Å². The molecule has 17 rings (SSSR count). The molecule has 0 nitrogen and oxygen atoms in total. The van der Waals surface area contributed by atoms with E-state index in [1.165, 1.54) is 167 Å². The van der Waals surface area contributed by atoms with Crippen LogP contribution in [0.3, 0.4) is 0 Å². The molecule has 0 spiro atoms. The Kier molecular flexibility index (Phi) is 9.10. The lowest BCUT2D eigenvalue weighted by Crippen LogP contribution is -2.31. The highest BCUT2D eigenvalue weighted by Crippen LogP contribution is 2.60. The van der Waals surface area contributed by atoms with Gasteiger partial charge in [-0.25, -0.2) is 0 Å². The van der Waals surface area contributed by atoms with Crippen LogP contribution in [-0.4, -0.2) is 0 Å². The fourth-order valence-electron chi connectivity index (χ4n) is 14.5. The highest BCUT2D eigenvalue weighted by atomic mass is 14.5. The van der Waals surface area contributed by atoms with E-state index in [0.717, 1.165) is 0 Å². The summed E-state index contributed by atoms with van der Waals surface area (Å²) in [5, 5.41) is 15.3. The predicted octanol–water partition coefficient (Wildman–Crippen LogP) is 20.1. The molecule has 0 bridgehead atoms. The average molecular weight is 975 g/mol. The van der Waals surface area contributed by atoms with E-state index in [9.17, 15) is 0 Å². The minimum Gasteiger partial charge on any atom is -0.0761 e. The molecule has 77 heavy (non-hydrogen) atoms. The molecule has 0 radical (unpaired) electrons. The van der Waals surface area contributed by atoms with Gasteiger partial charge in [0, 0.05) is 5.92 Å². The molecule has 5 aliphatic rings. The molecular formula is C77H50. The molecule has 0 amide bonds. The predicted molar refractivity (Wildman–Crippen MR) is 326 cm³/mol. The summed E-state index contributed by atoms with van der Waals surface area (Å²) in [6.45, 7) is 0. The second-order valence-electron chi connectivity index (χ2n) is 22.1. The van der Waals surface area contributed by atoms with Crippen LogP contribution in [0, 0.1) is 11.8 Å². The van der Waals surface area contributed by atoms with Crippen LogP contribution in [0.2, 0.25) is 0 Å². The summed E-state index contributed by atoms with van der Waals surface area (Å²) >= 11 is 0. The first-order valence-corrected chi connectivity index (χ1v) is 27.5. The van der Waals surface area contributed by atoms with Gasteiger partial charge in [0.15, 0.2) is 0 Å². The maximum atomic E-state index is 2.72. The molecule has 1 fully saturated rings. The quantitative estimate of drug-likeness (QED) is 0.161. The fraction of sp³-hybridized carbons (Fsp3) is 0.0649. The molecule has 0 saturated heterocycles. The molecule has 1 atom stereocenters. The Hall–Kier alpha value is -9.36. The molecule has 5 aliphatic carbocycles. The highest BCUT2D eigenvalue weighted by Gasteiger charge is 2.48. The van der Waals surface area contributed by atoms with Crippen LogP contribution >= 0.6 is 0 Å². The Bertz CT molecular complexity index is 4360. The number of hydrogen-bond acceptors (Lipinski definition) is 0. The van der Waals surface area contributed by atoms with Gasteiger partial charge in [0.1, 0.15) is 0 Å². The van der Waals surface area contributed by atoms with Crippen molar-refractivity contribution in [3.63, 3.8) is 0 Å². The van der Waals surface area contributed by atoms with Crippen molar-refractivity contribution in [2.45, 2.75) is 18.3 Å². The summed E-state index contributed by atoms with van der Waals surface area (Å²) in [6.07, 6.45) is 22.7. The van der Waals surface area contributed by atoms with Crippen LogP contribution in [-0.2, 0) is 5.41 Å². The first-order valence-electron chi connectivity index (χ1n) is 27.5. The number of hydrogen-bond donors (Lipinski definition) is 0. The van der Waals surface area contributed by atoms with Gasteiger partial charge < -0.3 is 0 Å². The van der Waals surface area contributed by atoms with Crippen molar-refractivity contribution in [3.05, 3.63) is 312 Å². The average Bonchev–Trinajstić information content (AvgIpc) is 4.40. The molecule has 0 aromatic heterocycles. The van der Waals surface area contributed by atoms with E-state index in [-0.39, 0.29) is 5.92 Å². The maximum Gasteiger partial charge on any atom is 0.0500 e. The SMILES string of the molecule is C1=CC(C2(C=C(C=C3c4ccc5ccccc5c4-c4c3ccc3ccccc43)C=C3c4ccc5ccccc5c4-c4c3ccc3ccccc43)c3ccc4ccccc4c3-c3c2ccc2ccccc32)C=CC(C2CC2)=C1. The number of rotatable bonds is 5. The number of benzene rings is 12. The molecule has 0 heteroatoms. The minimum atomic E-state index is -0.629. The van der Waals surface area contributed by atoms with E-state index in [4.69, 9.17) is 0 Å². The van der Waals surface area contributed by atoms with E-state index in [1.807, 2.05) is 0 Å². The van der Waals surface area contributed by atoms with Crippen molar-refractivity contribution >= 4 is 75.8 Å². The molecule has 1 unspecified atom stereocenters. The van der Waals surface area contributed by atoms with Crippen molar-refractivity contribution in [1.29, 1.82) is 0 Å². The summed E-state index contributed by atoms with van der Waals surface area (Å²) < 4.78 is 0. The van der Waals surface area contributed by atoms with E-state index < -0.39 is 5.41 Å². The highest BCUT2D eigenvalue weighted by molar-refractivity contribution is 6.21. The summed E-state index contributed by atoms with van der Waals surface area (Å²) in [7, 11) is 0. The molecular weight excluding hydrogens is 925 g/mol. The minimum absolute atomic E-state index is 0.0174. The third kappa shape index (κ3) is 6.22. The van der Waals surface area contributed by atoms with Gasteiger partial charge in [-0.05, 0) is 185 Å². The largest absolute Gasteiger partial charge is 0.0761 e. The third-order valence-electron chi connectivity index (χ3n) is 18.1. The zero-order chi connectivity index (χ0) is 50.3. The molecule has 12 aromatic carbocycles. The van der Waals surface area contributed by atoms with Gasteiger partial charge in [-0.1, -0.05) is 255 Å². The fourth-order valence-corrected chi connectivity index (χ4v) is 14.5. The molecule has 1 saturated carbocycles. The standard InChI is InChI=1S/C77H50/c1-7-22-57-50(14-1)31-38-63-67(64-39-32-51-15-2-8-23-58(51)72(64)71(57)63)44-47(45-68-65-40-33-52-16-3-9-24-59(52)73(65)74-60-25-10-4-17-53(60)34-41-66(68)74)46-77(56-21-13-20-48(30-37-56)49-28-29-49)69-42-35-54-18-5-11-26-61(54)75(69)76-62-27-12-6-19-55(62)36-43-70(76)77/h1-27,30-46,49,56H,28-29H2. The Balaban J connectivity index is 1.04. The van der Waals surface area contributed by atoms with E-state index in [1.54, 1.807) is 0 Å². The molecule has 0 heterocycles. The van der Waals surface area contributed by atoms with Crippen molar-refractivity contribution in [2.24, 2.45) is 11.8 Å². The number of fused-ring (bicyclic) bond motifs is 21. The topological polar surface area (TPSA) is 0 Å². The van der Waals surface area contributed by atoms with Crippen LogP contribution in [0.25, 0.3) is 109 Å².